The second kappa shape index (κ2) is 16.2. The van der Waals surface area contributed by atoms with Gasteiger partial charge in [-0.1, -0.05) is 104 Å². The summed E-state index contributed by atoms with van der Waals surface area (Å²) in [5, 5.41) is 0. The van der Waals surface area contributed by atoms with E-state index in [0.29, 0.717) is 41.1 Å². The Balaban J connectivity index is 0.000000123. The predicted molar refractivity (Wildman–Crippen MR) is 240 cm³/mol. The normalized spacial score (nSPS) is 29.3. The zero-order valence-electron chi connectivity index (χ0n) is 35.9. The maximum atomic E-state index is 12.5. The molecule has 0 aliphatic heterocycles. The number of carbonyl (C=O) groups excluding carboxylic acids is 2. The molecule has 6 aliphatic carbocycles. The molecule has 0 N–H and O–H groups in total. The number of nitrogens with zero attached hydrogens (tertiary/aromatic N) is 2. The average molecular weight is 811 g/mol. The largest absolute Gasteiger partial charge is 0.444 e. The molecule has 4 saturated carbocycles. The third-order valence-electron chi connectivity index (χ3n) is 16.3. The van der Waals surface area contributed by atoms with Crippen molar-refractivity contribution in [1.82, 2.24) is 9.97 Å². The molecule has 0 unspecified atom stereocenters. The number of carbonyl (C=O) groups is 2. The number of aromatic nitrogens is 2. The lowest BCUT2D eigenvalue weighted by molar-refractivity contribution is -0.130. The Morgan fingerprint density at radius 3 is 1.70 bits per heavy atom. The predicted octanol–water partition coefficient (Wildman–Crippen LogP) is 13.2. The van der Waals surface area contributed by atoms with Crippen LogP contribution >= 0.6 is 0 Å². The van der Waals surface area contributed by atoms with E-state index in [0.717, 1.165) is 91.4 Å². The summed E-state index contributed by atoms with van der Waals surface area (Å²) in [6.07, 6.45) is 18.2. The van der Waals surface area contributed by atoms with Crippen LogP contribution in [-0.2, 0) is 22.4 Å². The first-order valence-corrected chi connectivity index (χ1v) is 22.9. The monoisotopic (exact) mass is 810 g/mol. The number of ketones is 2. The molecule has 6 heteroatoms. The van der Waals surface area contributed by atoms with Crippen molar-refractivity contribution in [2.75, 3.05) is 0 Å². The van der Waals surface area contributed by atoms with Crippen molar-refractivity contribution in [1.29, 1.82) is 0 Å². The van der Waals surface area contributed by atoms with E-state index in [1.54, 1.807) is 17.3 Å². The van der Waals surface area contributed by atoms with Gasteiger partial charge in [0, 0.05) is 40.4 Å². The van der Waals surface area contributed by atoms with Crippen LogP contribution < -0.4 is 0 Å². The quantitative estimate of drug-likeness (QED) is 0.177. The molecule has 12 rings (SSSR count). The van der Waals surface area contributed by atoms with Crippen molar-refractivity contribution in [2.24, 2.45) is 34.5 Å². The molecule has 4 aromatic carbocycles. The molecular formula is C55H58N2O4. The Labute approximate surface area is 360 Å². The van der Waals surface area contributed by atoms with Crippen LogP contribution in [0.5, 0.6) is 0 Å². The highest BCUT2D eigenvalue weighted by molar-refractivity contribution is 5.87. The molecule has 6 aliphatic rings. The van der Waals surface area contributed by atoms with E-state index in [2.05, 4.69) is 67.1 Å². The van der Waals surface area contributed by atoms with Gasteiger partial charge in [0.25, 0.3) is 0 Å². The van der Waals surface area contributed by atoms with E-state index in [1.807, 2.05) is 66.9 Å². The molecule has 0 amide bonds. The van der Waals surface area contributed by atoms with Crippen LogP contribution in [-0.4, -0.2) is 21.5 Å². The summed E-state index contributed by atoms with van der Waals surface area (Å²) in [6, 6.07) is 33.8. The first-order chi connectivity index (χ1) is 29.7. The summed E-state index contributed by atoms with van der Waals surface area (Å²) in [4.78, 5) is 33.2. The van der Waals surface area contributed by atoms with Gasteiger partial charge in [-0.25, -0.2) is 9.97 Å². The van der Waals surface area contributed by atoms with Gasteiger partial charge in [0.1, 0.15) is 11.6 Å². The molecule has 0 radical (unpaired) electrons. The summed E-state index contributed by atoms with van der Waals surface area (Å²) >= 11 is 0. The minimum Gasteiger partial charge on any atom is -0.444 e. The molecule has 0 saturated heterocycles. The highest BCUT2D eigenvalue weighted by Crippen LogP contribution is 2.61. The molecule has 61 heavy (non-hydrogen) atoms. The van der Waals surface area contributed by atoms with Crippen molar-refractivity contribution in [3.8, 4) is 34.1 Å². The summed E-state index contributed by atoms with van der Waals surface area (Å²) in [6.45, 7) is 6.70. The lowest BCUT2D eigenvalue weighted by atomic mass is 9.55. The Kier molecular flexibility index (Phi) is 10.5. The summed E-state index contributed by atoms with van der Waals surface area (Å²) < 4.78 is 11.2. The van der Waals surface area contributed by atoms with Crippen molar-refractivity contribution >= 4 is 11.6 Å². The standard InChI is InChI=1S/C27H27NO2.C19H24O.C9H7NO/c1-27-14-13-21-20-9-8-19(26-28-16-24(30-26)17-5-3-2-4-6-17)15-18(20)7-10-22(21)23(27)11-12-25(27)29;1-12-3-5-14-13(11-12)4-6-16-15(14)9-10-19(2)17(16)7-8-18(19)20;1-2-4-8(5-3-1)9-6-10-7-11-9/h2-6,8-9,15-16,21-23H,7,10-14H2,1H3;3,5,11,15-17H,4,6-10H2,1-2H3;1-7H/t21-,22-,23+,27+;15-,16-,17+,19+;/m11./s1. The minimum absolute atomic E-state index is 0.0172. The Morgan fingerprint density at radius 2 is 1.13 bits per heavy atom. The third-order valence-corrected chi connectivity index (χ3v) is 16.3. The summed E-state index contributed by atoms with van der Waals surface area (Å²) in [7, 11) is 0. The Hall–Kier alpha value is -5.36. The van der Waals surface area contributed by atoms with Crippen molar-refractivity contribution in [2.45, 2.75) is 110 Å². The van der Waals surface area contributed by atoms with Crippen LogP contribution in [0.2, 0.25) is 0 Å². The van der Waals surface area contributed by atoms with E-state index < -0.39 is 0 Å². The first kappa shape index (κ1) is 39.8. The second-order valence-corrected chi connectivity index (χ2v) is 19.4. The SMILES string of the molecule is C[C@]12CC[C@@H]3c4ccc(-c5ncc(-c6ccccc6)o5)cc4CC[C@H]3[C@@H]1CCC2=O.Cc1ccc2c(c1)CC[C@@H]1[C@@H]2CC[C@]2(C)C(=O)CC[C@@H]12.c1ccc(-c2cnco2)cc1. The lowest BCUT2D eigenvalue weighted by Gasteiger charge is -2.48. The molecule has 8 atom stereocenters. The van der Waals surface area contributed by atoms with Crippen LogP contribution in [0.25, 0.3) is 34.1 Å². The molecular weight excluding hydrogens is 753 g/mol. The maximum absolute atomic E-state index is 12.5. The van der Waals surface area contributed by atoms with E-state index in [9.17, 15) is 9.59 Å². The summed E-state index contributed by atoms with van der Waals surface area (Å²) in [5.74, 6) is 7.37. The van der Waals surface area contributed by atoms with Gasteiger partial charge in [-0.3, -0.25) is 9.59 Å². The number of rotatable bonds is 3. The molecule has 0 bridgehead atoms. The fourth-order valence-electron chi connectivity index (χ4n) is 13.1. The number of hydrogen-bond acceptors (Lipinski definition) is 6. The number of fused-ring (bicyclic) bond motifs is 10. The van der Waals surface area contributed by atoms with Crippen molar-refractivity contribution < 1.29 is 18.4 Å². The van der Waals surface area contributed by atoms with Crippen LogP contribution in [0.15, 0.2) is 125 Å². The molecule has 4 fully saturated rings. The van der Waals surface area contributed by atoms with E-state index >= 15 is 0 Å². The number of benzene rings is 4. The number of Topliss-reactive ketones (excluding diaryl/α,β-unsaturated/α-hetero) is 2. The molecule has 2 heterocycles. The smallest absolute Gasteiger partial charge is 0.226 e. The van der Waals surface area contributed by atoms with Gasteiger partial charge in [-0.15, -0.1) is 0 Å². The number of hydrogen-bond donors (Lipinski definition) is 0. The van der Waals surface area contributed by atoms with Crippen molar-refractivity contribution in [3.05, 3.63) is 144 Å². The fourth-order valence-corrected chi connectivity index (χ4v) is 13.1. The van der Waals surface area contributed by atoms with Crippen LogP contribution in [0.1, 0.15) is 118 Å². The molecule has 312 valence electrons. The van der Waals surface area contributed by atoms with Gasteiger partial charge in [-0.2, -0.15) is 0 Å². The zero-order valence-corrected chi connectivity index (χ0v) is 35.9. The number of aryl methyl sites for hydroxylation is 3. The third kappa shape index (κ3) is 7.24. The van der Waals surface area contributed by atoms with Gasteiger partial charge >= 0.3 is 0 Å². The molecule has 6 aromatic rings. The Bertz CT molecular complexity index is 2520. The van der Waals surface area contributed by atoms with Crippen molar-refractivity contribution in [3.63, 3.8) is 0 Å². The van der Waals surface area contributed by atoms with Crippen LogP contribution in [0.3, 0.4) is 0 Å². The number of oxazole rings is 2. The topological polar surface area (TPSA) is 86.2 Å². The highest BCUT2D eigenvalue weighted by Gasteiger charge is 2.55. The van der Waals surface area contributed by atoms with E-state index in [1.165, 1.54) is 48.8 Å². The van der Waals surface area contributed by atoms with E-state index in [-0.39, 0.29) is 10.8 Å². The zero-order chi connectivity index (χ0) is 41.7. The highest BCUT2D eigenvalue weighted by atomic mass is 16.4. The lowest BCUT2D eigenvalue weighted by Crippen LogP contribution is -2.42. The van der Waals surface area contributed by atoms with Crippen LogP contribution in [0, 0.1) is 41.4 Å². The van der Waals surface area contributed by atoms with Gasteiger partial charge in [0.15, 0.2) is 17.9 Å². The van der Waals surface area contributed by atoms with E-state index in [4.69, 9.17) is 8.83 Å². The van der Waals surface area contributed by atoms with Gasteiger partial charge in [0.05, 0.1) is 12.4 Å². The van der Waals surface area contributed by atoms with Gasteiger partial charge < -0.3 is 8.83 Å². The summed E-state index contributed by atoms with van der Waals surface area (Å²) in [5.41, 5.74) is 10.7. The average Bonchev–Trinajstić information content (AvgIpc) is 4.12. The fraction of sp³-hybridized carbons (Fsp3) is 0.418. The van der Waals surface area contributed by atoms with Gasteiger partial charge in [0.2, 0.25) is 5.89 Å². The molecule has 2 aromatic heterocycles. The minimum atomic E-state index is -0.0511. The second-order valence-electron chi connectivity index (χ2n) is 19.4. The Morgan fingerprint density at radius 1 is 0.574 bits per heavy atom. The molecule has 0 spiro atoms. The van der Waals surface area contributed by atoms with Crippen LogP contribution in [0.4, 0.5) is 0 Å². The molecule has 6 nitrogen and oxygen atoms in total. The first-order valence-electron chi connectivity index (χ1n) is 22.9. The van der Waals surface area contributed by atoms with Gasteiger partial charge in [-0.05, 0) is 141 Å². The maximum Gasteiger partial charge on any atom is 0.226 e.